The van der Waals surface area contributed by atoms with Crippen LogP contribution in [0, 0.1) is 0 Å². The van der Waals surface area contributed by atoms with Crippen molar-refractivity contribution in [3.05, 3.63) is 84.8 Å². The third-order valence-electron chi connectivity index (χ3n) is 4.70. The molecule has 0 saturated carbocycles. The maximum absolute atomic E-state index is 12.6. The minimum absolute atomic E-state index is 0.103. The van der Waals surface area contributed by atoms with Crippen molar-refractivity contribution in [3.63, 3.8) is 0 Å². The lowest BCUT2D eigenvalue weighted by Crippen LogP contribution is -2.20. The van der Waals surface area contributed by atoms with E-state index in [0.29, 0.717) is 23.0 Å². The van der Waals surface area contributed by atoms with Crippen molar-refractivity contribution in [1.82, 2.24) is 20.0 Å². The highest BCUT2D eigenvalue weighted by Crippen LogP contribution is 2.35. The highest BCUT2D eigenvalue weighted by Gasteiger charge is 2.20. The molecule has 4 rings (SSSR count). The normalized spacial score (nSPS) is 11.1. The van der Waals surface area contributed by atoms with Crippen LogP contribution in [-0.4, -0.2) is 26.0 Å². The number of benzene rings is 2. The molecule has 162 valence electrons. The first-order chi connectivity index (χ1) is 15.4. The number of carbonyl (C=O) groups excluding carboxylic acids is 1. The number of hydrogen-bond acceptors (Lipinski definition) is 5. The Morgan fingerprint density at radius 2 is 1.59 bits per heavy atom. The first-order valence-electron chi connectivity index (χ1n) is 10.2. The fourth-order valence-electron chi connectivity index (χ4n) is 3.16. The second kappa shape index (κ2) is 8.89. The van der Waals surface area contributed by atoms with Gasteiger partial charge < -0.3 is 15.4 Å². The van der Waals surface area contributed by atoms with Gasteiger partial charge in [-0.2, -0.15) is 15.0 Å². The van der Waals surface area contributed by atoms with E-state index in [2.05, 4.69) is 46.6 Å². The Morgan fingerprint density at radius 1 is 0.875 bits per heavy atom. The van der Waals surface area contributed by atoms with Crippen LogP contribution < -0.4 is 15.4 Å². The number of hydrogen-bond donors (Lipinski definition) is 2. The minimum atomic E-state index is -0.406. The number of pyridine rings is 1. The molecular formula is C24H24N6O2. The summed E-state index contributed by atoms with van der Waals surface area (Å²) >= 11 is 0. The molecule has 0 radical (unpaired) electrons. The van der Waals surface area contributed by atoms with Gasteiger partial charge in [0, 0.05) is 17.4 Å². The van der Waals surface area contributed by atoms with Gasteiger partial charge in [0.1, 0.15) is 11.4 Å². The number of para-hydroxylation sites is 1. The SMILES string of the molecule is CC(C)(C)c1ccccc1Oc1ncccc1NC(=O)Nc1ccc(-n2nccn2)cc1. The van der Waals surface area contributed by atoms with Crippen LogP contribution in [0.1, 0.15) is 26.3 Å². The molecule has 8 heteroatoms. The first kappa shape index (κ1) is 21.0. The Hall–Kier alpha value is -4.20. The predicted molar refractivity (Wildman–Crippen MR) is 123 cm³/mol. The Labute approximate surface area is 186 Å². The van der Waals surface area contributed by atoms with Gasteiger partial charge in [-0.3, -0.25) is 0 Å². The summed E-state index contributed by atoms with van der Waals surface area (Å²) in [6.07, 6.45) is 4.83. The third-order valence-corrected chi connectivity index (χ3v) is 4.70. The molecule has 2 amide bonds. The van der Waals surface area contributed by atoms with Crippen molar-refractivity contribution in [2.24, 2.45) is 0 Å². The van der Waals surface area contributed by atoms with E-state index >= 15 is 0 Å². The summed E-state index contributed by atoms with van der Waals surface area (Å²) in [5.74, 6) is 1.02. The summed E-state index contributed by atoms with van der Waals surface area (Å²) in [5, 5.41) is 13.8. The molecule has 2 N–H and O–H groups in total. The molecule has 0 saturated heterocycles. The van der Waals surface area contributed by atoms with E-state index in [-0.39, 0.29) is 5.41 Å². The molecule has 8 nitrogen and oxygen atoms in total. The van der Waals surface area contributed by atoms with E-state index in [9.17, 15) is 4.79 Å². The molecule has 32 heavy (non-hydrogen) atoms. The summed E-state index contributed by atoms with van der Waals surface area (Å²) in [7, 11) is 0. The van der Waals surface area contributed by atoms with Crippen molar-refractivity contribution in [1.29, 1.82) is 0 Å². The van der Waals surface area contributed by atoms with E-state index in [1.165, 1.54) is 4.80 Å². The zero-order chi connectivity index (χ0) is 22.6. The summed E-state index contributed by atoms with van der Waals surface area (Å²) < 4.78 is 6.11. The van der Waals surface area contributed by atoms with E-state index in [4.69, 9.17) is 4.74 Å². The summed E-state index contributed by atoms with van der Waals surface area (Å²) in [4.78, 5) is 18.4. The lowest BCUT2D eigenvalue weighted by atomic mass is 9.86. The maximum Gasteiger partial charge on any atom is 0.323 e. The number of urea groups is 1. The highest BCUT2D eigenvalue weighted by atomic mass is 16.5. The Kier molecular flexibility index (Phi) is 5.85. The van der Waals surface area contributed by atoms with Gasteiger partial charge in [-0.1, -0.05) is 39.0 Å². The van der Waals surface area contributed by atoms with Gasteiger partial charge in [-0.05, 0) is 47.9 Å². The fourth-order valence-corrected chi connectivity index (χ4v) is 3.16. The Balaban J connectivity index is 1.47. The van der Waals surface area contributed by atoms with Gasteiger partial charge in [0.2, 0.25) is 5.88 Å². The minimum Gasteiger partial charge on any atom is -0.437 e. The molecule has 0 fully saturated rings. The average Bonchev–Trinajstić information content (AvgIpc) is 3.30. The van der Waals surface area contributed by atoms with Gasteiger partial charge in [-0.25, -0.2) is 9.78 Å². The van der Waals surface area contributed by atoms with Crippen LogP contribution in [0.4, 0.5) is 16.2 Å². The standard InChI is InChI=1S/C24H24N6O2/c1-24(2,3)19-7-4-5-9-21(19)32-22-20(8-6-14-25-22)29-23(31)28-17-10-12-18(13-11-17)30-26-15-16-27-30/h4-16H,1-3H3,(H2,28,29,31). The average molecular weight is 428 g/mol. The van der Waals surface area contributed by atoms with Crippen LogP contribution in [0.15, 0.2) is 79.3 Å². The van der Waals surface area contributed by atoms with E-state index in [0.717, 1.165) is 11.3 Å². The molecular weight excluding hydrogens is 404 g/mol. The second-order valence-corrected chi connectivity index (χ2v) is 8.15. The Bertz CT molecular complexity index is 1200. The number of aromatic nitrogens is 4. The van der Waals surface area contributed by atoms with Gasteiger partial charge >= 0.3 is 6.03 Å². The lowest BCUT2D eigenvalue weighted by molar-refractivity contribution is 0.262. The van der Waals surface area contributed by atoms with E-state index in [1.54, 1.807) is 42.9 Å². The van der Waals surface area contributed by atoms with E-state index < -0.39 is 6.03 Å². The van der Waals surface area contributed by atoms with E-state index in [1.807, 2.05) is 36.4 Å². The number of rotatable bonds is 5. The Morgan fingerprint density at radius 3 is 2.31 bits per heavy atom. The molecule has 0 atom stereocenters. The number of ether oxygens (including phenoxy) is 1. The zero-order valence-electron chi connectivity index (χ0n) is 18.1. The van der Waals surface area contributed by atoms with Crippen molar-refractivity contribution >= 4 is 17.4 Å². The maximum atomic E-state index is 12.6. The topological polar surface area (TPSA) is 94.0 Å². The third kappa shape index (κ3) is 4.92. The zero-order valence-corrected chi connectivity index (χ0v) is 18.1. The highest BCUT2D eigenvalue weighted by molar-refractivity contribution is 6.00. The molecule has 0 aliphatic carbocycles. The van der Waals surface area contributed by atoms with Gasteiger partial charge in [0.05, 0.1) is 18.1 Å². The molecule has 0 aliphatic heterocycles. The molecule has 2 heterocycles. The van der Waals surface area contributed by atoms with Crippen molar-refractivity contribution in [2.75, 3.05) is 10.6 Å². The summed E-state index contributed by atoms with van der Waals surface area (Å²) in [6.45, 7) is 6.36. The van der Waals surface area contributed by atoms with Gasteiger partial charge in [0.15, 0.2) is 0 Å². The second-order valence-electron chi connectivity index (χ2n) is 8.15. The monoisotopic (exact) mass is 428 g/mol. The molecule has 0 unspecified atom stereocenters. The number of nitrogens with one attached hydrogen (secondary N) is 2. The number of carbonyl (C=O) groups is 1. The molecule has 0 aliphatic rings. The molecule has 0 spiro atoms. The van der Waals surface area contributed by atoms with Crippen molar-refractivity contribution < 1.29 is 9.53 Å². The van der Waals surface area contributed by atoms with Crippen LogP contribution in [0.3, 0.4) is 0 Å². The number of amides is 2. The summed E-state index contributed by atoms with van der Waals surface area (Å²) in [5.41, 5.74) is 2.83. The predicted octanol–water partition coefficient (Wildman–Crippen LogP) is 5.40. The van der Waals surface area contributed by atoms with Crippen LogP contribution in [0.2, 0.25) is 0 Å². The quantitative estimate of drug-likeness (QED) is 0.444. The van der Waals surface area contributed by atoms with Crippen molar-refractivity contribution in [3.8, 4) is 17.3 Å². The summed E-state index contributed by atoms with van der Waals surface area (Å²) in [6, 6.07) is 18.1. The molecule has 2 aromatic carbocycles. The van der Waals surface area contributed by atoms with Crippen LogP contribution in [0.5, 0.6) is 11.6 Å². The van der Waals surface area contributed by atoms with Gasteiger partial charge in [-0.15, -0.1) is 0 Å². The number of anilines is 2. The molecule has 4 aromatic rings. The first-order valence-corrected chi connectivity index (χ1v) is 10.2. The molecule has 2 aromatic heterocycles. The molecule has 0 bridgehead atoms. The fraction of sp³-hybridized carbons (Fsp3) is 0.167. The van der Waals surface area contributed by atoms with Crippen LogP contribution >= 0.6 is 0 Å². The van der Waals surface area contributed by atoms with Crippen LogP contribution in [0.25, 0.3) is 5.69 Å². The van der Waals surface area contributed by atoms with Crippen molar-refractivity contribution in [2.45, 2.75) is 26.2 Å². The van der Waals surface area contributed by atoms with Crippen LogP contribution in [-0.2, 0) is 5.41 Å². The largest absolute Gasteiger partial charge is 0.437 e. The number of nitrogens with zero attached hydrogens (tertiary/aromatic N) is 4. The lowest BCUT2D eigenvalue weighted by Gasteiger charge is -2.22. The smallest absolute Gasteiger partial charge is 0.323 e. The van der Waals surface area contributed by atoms with Gasteiger partial charge in [0.25, 0.3) is 0 Å².